The molecule has 1 aromatic heterocycles. The van der Waals surface area contributed by atoms with E-state index in [4.69, 9.17) is 14.5 Å². The number of rotatable bonds is 8. The van der Waals surface area contributed by atoms with Crippen molar-refractivity contribution in [1.82, 2.24) is 9.97 Å². The first-order chi connectivity index (χ1) is 16.0. The molecule has 1 heterocycles. The summed E-state index contributed by atoms with van der Waals surface area (Å²) in [5.74, 6) is 1.34. The fraction of sp³-hybridized carbons (Fsp3) is 0.222. The van der Waals surface area contributed by atoms with Crippen molar-refractivity contribution >= 4 is 18.1 Å². The lowest BCUT2D eigenvalue weighted by Gasteiger charge is -2.12. The van der Waals surface area contributed by atoms with Gasteiger partial charge in [-0.15, -0.1) is 12.4 Å². The van der Waals surface area contributed by atoms with Gasteiger partial charge in [0.05, 0.1) is 19.9 Å². The Morgan fingerprint density at radius 2 is 1.47 bits per heavy atom. The van der Waals surface area contributed by atoms with Crippen LogP contribution in [0, 0.1) is 0 Å². The summed E-state index contributed by atoms with van der Waals surface area (Å²) < 4.78 is 10.7. The van der Waals surface area contributed by atoms with E-state index >= 15 is 0 Å². The van der Waals surface area contributed by atoms with Gasteiger partial charge in [-0.2, -0.15) is 0 Å². The van der Waals surface area contributed by atoms with Gasteiger partial charge in [0.25, 0.3) is 0 Å². The van der Waals surface area contributed by atoms with Crippen LogP contribution < -0.4 is 14.4 Å². The Bertz CT molecular complexity index is 1200. The highest BCUT2D eigenvalue weighted by atomic mass is 35.5. The minimum atomic E-state index is -0.0286. The highest BCUT2D eigenvalue weighted by molar-refractivity contribution is 5.85. The largest absolute Gasteiger partial charge is 0.502 e. The number of ether oxygens (including phenoxy) is 2. The number of nitrogens with zero attached hydrogens (tertiary/aromatic N) is 2. The fourth-order valence-electron chi connectivity index (χ4n) is 3.83. The first-order valence-corrected chi connectivity index (χ1v) is 10.9. The number of nitrogens with one attached hydrogen (secondary N) is 1. The van der Waals surface area contributed by atoms with E-state index < -0.39 is 0 Å². The number of aryl methyl sites for hydroxylation is 2. The molecule has 0 unspecified atom stereocenters. The zero-order chi connectivity index (χ0) is 23.4. The maximum absolute atomic E-state index is 10.3. The second-order valence-electron chi connectivity index (χ2n) is 8.07. The molecule has 4 aromatic rings. The van der Waals surface area contributed by atoms with Crippen molar-refractivity contribution in [1.29, 1.82) is 0 Å². The Hall–Kier alpha value is -3.64. The Morgan fingerprint density at radius 3 is 2.03 bits per heavy atom. The number of imidazole rings is 1. The minimum Gasteiger partial charge on any atom is -0.502 e. The SMILES string of the molecule is COc1cc(-c2nc(-c3ccc(N(C)C)cc3)c(CCc3ccccc3)[nH]2)cc(OC)c1O.Cl. The molecule has 4 rings (SSSR count). The number of benzene rings is 3. The summed E-state index contributed by atoms with van der Waals surface area (Å²) in [7, 11) is 7.09. The number of aromatic nitrogens is 2. The van der Waals surface area contributed by atoms with Crippen molar-refractivity contribution in [3.05, 3.63) is 78.0 Å². The number of methoxy groups -OCH3 is 2. The molecule has 34 heavy (non-hydrogen) atoms. The van der Waals surface area contributed by atoms with Gasteiger partial charge >= 0.3 is 0 Å². The van der Waals surface area contributed by atoms with Gasteiger partial charge in [-0.25, -0.2) is 4.98 Å². The molecular weight excluding hydrogens is 450 g/mol. The summed E-state index contributed by atoms with van der Waals surface area (Å²) in [6.07, 6.45) is 1.71. The van der Waals surface area contributed by atoms with Crippen molar-refractivity contribution in [3.63, 3.8) is 0 Å². The van der Waals surface area contributed by atoms with Gasteiger partial charge in [0, 0.05) is 36.6 Å². The summed E-state index contributed by atoms with van der Waals surface area (Å²) in [4.78, 5) is 10.5. The van der Waals surface area contributed by atoms with Crippen molar-refractivity contribution in [3.8, 4) is 39.9 Å². The molecule has 3 aromatic carbocycles. The number of hydrogen-bond acceptors (Lipinski definition) is 5. The zero-order valence-electron chi connectivity index (χ0n) is 19.8. The predicted molar refractivity (Wildman–Crippen MR) is 140 cm³/mol. The summed E-state index contributed by atoms with van der Waals surface area (Å²) in [6.45, 7) is 0. The van der Waals surface area contributed by atoms with Crippen LogP contribution in [0.4, 0.5) is 5.69 Å². The van der Waals surface area contributed by atoms with Gasteiger partial charge in [-0.3, -0.25) is 0 Å². The molecule has 178 valence electrons. The summed E-state index contributed by atoms with van der Waals surface area (Å²) in [5, 5.41) is 10.3. The van der Waals surface area contributed by atoms with Crippen LogP contribution in [-0.2, 0) is 12.8 Å². The van der Waals surface area contributed by atoms with E-state index in [1.54, 1.807) is 12.1 Å². The molecule has 0 spiro atoms. The molecule has 0 radical (unpaired) electrons. The third kappa shape index (κ3) is 5.29. The van der Waals surface area contributed by atoms with Crippen LogP contribution in [0.2, 0.25) is 0 Å². The monoisotopic (exact) mass is 479 g/mol. The topological polar surface area (TPSA) is 70.6 Å². The molecule has 7 heteroatoms. The number of hydrogen-bond donors (Lipinski definition) is 2. The minimum absolute atomic E-state index is 0. The van der Waals surface area contributed by atoms with E-state index in [2.05, 4.69) is 58.4 Å². The van der Waals surface area contributed by atoms with E-state index in [1.807, 2.05) is 20.2 Å². The molecule has 0 aliphatic rings. The second kappa shape index (κ2) is 11.0. The van der Waals surface area contributed by atoms with Gasteiger partial charge in [0.15, 0.2) is 11.5 Å². The fourth-order valence-corrected chi connectivity index (χ4v) is 3.83. The lowest BCUT2D eigenvalue weighted by atomic mass is 10.0. The number of aromatic amines is 1. The van der Waals surface area contributed by atoms with Gasteiger partial charge in [0.1, 0.15) is 5.82 Å². The number of H-pyrrole nitrogens is 1. The van der Waals surface area contributed by atoms with Crippen LogP contribution in [0.1, 0.15) is 11.3 Å². The van der Waals surface area contributed by atoms with Crippen LogP contribution in [-0.4, -0.2) is 43.4 Å². The average Bonchev–Trinajstić information content (AvgIpc) is 3.28. The molecule has 0 amide bonds. The maximum Gasteiger partial charge on any atom is 0.200 e. The van der Waals surface area contributed by atoms with Crippen LogP contribution in [0.5, 0.6) is 17.2 Å². The Balaban J connectivity index is 0.00000324. The van der Waals surface area contributed by atoms with Gasteiger partial charge < -0.3 is 24.5 Å². The Kier molecular flexibility index (Phi) is 8.08. The number of anilines is 1. The molecule has 0 saturated carbocycles. The first kappa shape index (κ1) is 25.0. The summed E-state index contributed by atoms with van der Waals surface area (Å²) in [5.41, 5.74) is 6.20. The maximum atomic E-state index is 10.3. The van der Waals surface area contributed by atoms with Gasteiger partial charge in [0.2, 0.25) is 5.75 Å². The van der Waals surface area contributed by atoms with Crippen LogP contribution in [0.3, 0.4) is 0 Å². The molecule has 0 bridgehead atoms. The van der Waals surface area contributed by atoms with E-state index in [1.165, 1.54) is 19.8 Å². The van der Waals surface area contributed by atoms with E-state index in [0.717, 1.165) is 41.0 Å². The lowest BCUT2D eigenvalue weighted by Crippen LogP contribution is -2.07. The molecule has 2 N–H and O–H groups in total. The molecule has 6 nitrogen and oxygen atoms in total. The average molecular weight is 480 g/mol. The quantitative estimate of drug-likeness (QED) is 0.337. The molecule has 0 atom stereocenters. The predicted octanol–water partition coefficient (Wildman–Crippen LogP) is 5.74. The molecule has 0 aliphatic heterocycles. The van der Waals surface area contributed by atoms with Gasteiger partial charge in [-0.1, -0.05) is 42.5 Å². The van der Waals surface area contributed by atoms with E-state index in [0.29, 0.717) is 17.3 Å². The van der Waals surface area contributed by atoms with Crippen LogP contribution in [0.15, 0.2) is 66.7 Å². The smallest absolute Gasteiger partial charge is 0.200 e. The third-order valence-corrected chi connectivity index (χ3v) is 5.70. The number of phenolic OH excluding ortho intramolecular Hbond substituents is 1. The van der Waals surface area contributed by atoms with Crippen LogP contribution >= 0.6 is 12.4 Å². The summed E-state index contributed by atoms with van der Waals surface area (Å²) >= 11 is 0. The van der Waals surface area contributed by atoms with Crippen LogP contribution in [0.25, 0.3) is 22.6 Å². The van der Waals surface area contributed by atoms with Crippen molar-refractivity contribution < 1.29 is 14.6 Å². The van der Waals surface area contributed by atoms with E-state index in [9.17, 15) is 5.11 Å². The van der Waals surface area contributed by atoms with Crippen molar-refractivity contribution in [2.24, 2.45) is 0 Å². The standard InChI is InChI=1S/C27H29N3O3.ClH/c1-30(2)21-13-11-19(12-14-21)25-22(15-10-18-8-6-5-7-9-18)28-27(29-25)20-16-23(32-3)26(31)24(17-20)33-4;/h5-9,11-14,16-17,31H,10,15H2,1-4H3,(H,28,29);1H. The number of phenols is 1. The second-order valence-corrected chi connectivity index (χ2v) is 8.07. The number of halogens is 1. The van der Waals surface area contributed by atoms with Crippen molar-refractivity contribution in [2.45, 2.75) is 12.8 Å². The Labute approximate surface area is 206 Å². The molecule has 0 saturated heterocycles. The van der Waals surface area contributed by atoms with Crippen molar-refractivity contribution in [2.75, 3.05) is 33.2 Å². The highest BCUT2D eigenvalue weighted by Gasteiger charge is 2.18. The summed E-state index contributed by atoms with van der Waals surface area (Å²) in [6, 6.07) is 22.3. The molecule has 0 fully saturated rings. The Morgan fingerprint density at radius 1 is 0.853 bits per heavy atom. The molecular formula is C27H30ClN3O3. The van der Waals surface area contributed by atoms with E-state index in [-0.39, 0.29) is 18.2 Å². The lowest BCUT2D eigenvalue weighted by molar-refractivity contribution is 0.340. The van der Waals surface area contributed by atoms with Gasteiger partial charge in [-0.05, 0) is 42.7 Å². The number of aromatic hydroxyl groups is 1. The normalized spacial score (nSPS) is 10.5. The third-order valence-electron chi connectivity index (χ3n) is 5.70. The highest BCUT2D eigenvalue weighted by Crippen LogP contribution is 2.40. The first-order valence-electron chi connectivity index (χ1n) is 10.9. The zero-order valence-corrected chi connectivity index (χ0v) is 20.6. The molecule has 0 aliphatic carbocycles.